The van der Waals surface area contributed by atoms with Crippen molar-refractivity contribution in [2.75, 3.05) is 18.4 Å². The van der Waals surface area contributed by atoms with Crippen LogP contribution in [-0.4, -0.2) is 32.7 Å². The highest BCUT2D eigenvalue weighted by molar-refractivity contribution is 5.44. The van der Waals surface area contributed by atoms with E-state index in [0.29, 0.717) is 11.7 Å². The third kappa shape index (κ3) is 3.41. The van der Waals surface area contributed by atoms with Crippen LogP contribution in [-0.2, 0) is 0 Å². The van der Waals surface area contributed by atoms with Gasteiger partial charge >= 0.3 is 0 Å². The van der Waals surface area contributed by atoms with Crippen molar-refractivity contribution < 1.29 is 0 Å². The van der Waals surface area contributed by atoms with Gasteiger partial charge in [-0.2, -0.15) is 14.6 Å². The number of rotatable bonds is 7. The summed E-state index contributed by atoms with van der Waals surface area (Å²) in [7, 11) is 0. The number of hydrogen-bond donors (Lipinski definition) is 2. The summed E-state index contributed by atoms with van der Waals surface area (Å²) in [4.78, 5) is 8.45. The van der Waals surface area contributed by atoms with Gasteiger partial charge in [0.05, 0.1) is 0 Å². The van der Waals surface area contributed by atoms with E-state index in [0.717, 1.165) is 31.0 Å². The Kier molecular flexibility index (Phi) is 4.68. The van der Waals surface area contributed by atoms with Crippen LogP contribution in [0.1, 0.15) is 31.9 Å². The van der Waals surface area contributed by atoms with E-state index in [1.165, 1.54) is 19.2 Å². The van der Waals surface area contributed by atoms with Gasteiger partial charge in [-0.05, 0) is 32.2 Å². The molecule has 6 nitrogen and oxygen atoms in total. The number of nitrogens with zero attached hydrogens (tertiary/aromatic N) is 4. The van der Waals surface area contributed by atoms with E-state index >= 15 is 0 Å². The van der Waals surface area contributed by atoms with Crippen LogP contribution in [0, 0.1) is 12.8 Å². The minimum atomic E-state index is 0.599. The van der Waals surface area contributed by atoms with Gasteiger partial charge in [-0.3, -0.25) is 0 Å². The number of nitrogens with one attached hydrogen (secondary N) is 1. The number of aryl methyl sites for hydroxylation is 1. The second-order valence-electron chi connectivity index (χ2n) is 4.87. The fourth-order valence-electron chi connectivity index (χ4n) is 2.30. The van der Waals surface area contributed by atoms with Crippen LogP contribution in [0.25, 0.3) is 5.78 Å². The van der Waals surface area contributed by atoms with Crippen LogP contribution in [0.4, 0.5) is 5.82 Å². The summed E-state index contributed by atoms with van der Waals surface area (Å²) < 4.78 is 1.73. The molecule has 0 aliphatic carbocycles. The van der Waals surface area contributed by atoms with Gasteiger partial charge in [0.25, 0.3) is 5.78 Å². The predicted molar refractivity (Wildman–Crippen MR) is 76.1 cm³/mol. The zero-order chi connectivity index (χ0) is 13.7. The second-order valence-corrected chi connectivity index (χ2v) is 4.87. The van der Waals surface area contributed by atoms with Gasteiger partial charge in [0.1, 0.15) is 12.1 Å². The molecule has 1 atom stereocenters. The summed E-state index contributed by atoms with van der Waals surface area (Å²) in [6.45, 7) is 5.81. The van der Waals surface area contributed by atoms with Crippen molar-refractivity contribution in [3.8, 4) is 0 Å². The van der Waals surface area contributed by atoms with Gasteiger partial charge in [0, 0.05) is 18.3 Å². The van der Waals surface area contributed by atoms with Crippen molar-refractivity contribution in [2.45, 2.75) is 33.1 Å². The van der Waals surface area contributed by atoms with Crippen molar-refractivity contribution in [2.24, 2.45) is 11.7 Å². The van der Waals surface area contributed by atoms with E-state index in [-0.39, 0.29) is 0 Å². The molecule has 0 bridgehead atoms. The number of nitrogens with two attached hydrogens (primary N) is 1. The van der Waals surface area contributed by atoms with Crippen molar-refractivity contribution in [3.05, 3.63) is 18.1 Å². The average Bonchev–Trinajstić information content (AvgIpc) is 2.84. The zero-order valence-electron chi connectivity index (χ0n) is 11.6. The Balaban J connectivity index is 2.09. The molecular formula is C13H22N6. The molecule has 0 radical (unpaired) electrons. The first-order valence-corrected chi connectivity index (χ1v) is 6.86. The Morgan fingerprint density at radius 2 is 2.26 bits per heavy atom. The third-order valence-electron chi connectivity index (χ3n) is 3.22. The van der Waals surface area contributed by atoms with Gasteiger partial charge in [-0.15, -0.1) is 0 Å². The highest BCUT2D eigenvalue weighted by atomic mass is 15.3. The van der Waals surface area contributed by atoms with E-state index in [1.807, 2.05) is 13.0 Å². The van der Waals surface area contributed by atoms with Crippen LogP contribution in [0.15, 0.2) is 12.4 Å². The molecule has 0 aliphatic rings. The standard InChI is InChI=1S/C13H22N6/c1-3-4-11(5-6-14)8-15-12-7-10(2)18-13-16-9-17-19(12)13/h7,9,11,15H,3-6,8,14H2,1-2H3. The highest BCUT2D eigenvalue weighted by Crippen LogP contribution is 2.14. The van der Waals surface area contributed by atoms with Crippen molar-refractivity contribution in [1.29, 1.82) is 0 Å². The molecule has 0 saturated carbocycles. The molecule has 0 fully saturated rings. The van der Waals surface area contributed by atoms with E-state index in [4.69, 9.17) is 5.73 Å². The number of fused-ring (bicyclic) bond motifs is 1. The lowest BCUT2D eigenvalue weighted by Gasteiger charge is -2.17. The van der Waals surface area contributed by atoms with Crippen LogP contribution in [0.2, 0.25) is 0 Å². The number of hydrogen-bond acceptors (Lipinski definition) is 5. The number of anilines is 1. The van der Waals surface area contributed by atoms with E-state index < -0.39 is 0 Å². The van der Waals surface area contributed by atoms with E-state index in [1.54, 1.807) is 4.52 Å². The van der Waals surface area contributed by atoms with Crippen LogP contribution in [0.5, 0.6) is 0 Å². The topological polar surface area (TPSA) is 81.1 Å². The SMILES string of the molecule is CCCC(CCN)CNc1cc(C)nc2ncnn12. The first kappa shape index (κ1) is 13.7. The molecular weight excluding hydrogens is 240 g/mol. The molecule has 0 spiro atoms. The van der Waals surface area contributed by atoms with Gasteiger partial charge in [-0.1, -0.05) is 13.3 Å². The highest BCUT2D eigenvalue weighted by Gasteiger charge is 2.09. The van der Waals surface area contributed by atoms with Crippen LogP contribution in [0.3, 0.4) is 0 Å². The Morgan fingerprint density at radius 3 is 3.00 bits per heavy atom. The van der Waals surface area contributed by atoms with E-state index in [2.05, 4.69) is 27.3 Å². The van der Waals surface area contributed by atoms with Crippen molar-refractivity contribution in [3.63, 3.8) is 0 Å². The van der Waals surface area contributed by atoms with Gasteiger partial charge < -0.3 is 11.1 Å². The Morgan fingerprint density at radius 1 is 1.42 bits per heavy atom. The summed E-state index contributed by atoms with van der Waals surface area (Å²) >= 11 is 0. The largest absolute Gasteiger partial charge is 0.370 e. The monoisotopic (exact) mass is 262 g/mol. The summed E-state index contributed by atoms with van der Waals surface area (Å²) in [5.74, 6) is 2.17. The summed E-state index contributed by atoms with van der Waals surface area (Å²) in [5.41, 5.74) is 6.60. The lowest BCUT2D eigenvalue weighted by molar-refractivity contribution is 0.472. The molecule has 6 heteroatoms. The van der Waals surface area contributed by atoms with Crippen LogP contribution >= 0.6 is 0 Å². The normalized spacial score (nSPS) is 12.8. The van der Waals surface area contributed by atoms with Gasteiger partial charge in [0.15, 0.2) is 0 Å². The Labute approximate surface area is 113 Å². The maximum Gasteiger partial charge on any atom is 0.254 e. The molecule has 3 N–H and O–H groups in total. The van der Waals surface area contributed by atoms with Gasteiger partial charge in [-0.25, -0.2) is 4.98 Å². The lowest BCUT2D eigenvalue weighted by Crippen LogP contribution is -2.19. The quantitative estimate of drug-likeness (QED) is 0.792. The zero-order valence-corrected chi connectivity index (χ0v) is 11.6. The molecule has 0 amide bonds. The molecule has 0 saturated heterocycles. The molecule has 2 heterocycles. The fraction of sp³-hybridized carbons (Fsp3) is 0.615. The second kappa shape index (κ2) is 6.47. The summed E-state index contributed by atoms with van der Waals surface area (Å²) in [6.07, 6.45) is 4.94. The Hall–Kier alpha value is -1.69. The average molecular weight is 262 g/mol. The number of aromatic nitrogens is 4. The lowest BCUT2D eigenvalue weighted by atomic mass is 10.00. The minimum absolute atomic E-state index is 0.599. The predicted octanol–water partition coefficient (Wildman–Crippen LogP) is 1.61. The van der Waals surface area contributed by atoms with Gasteiger partial charge in [0.2, 0.25) is 0 Å². The maximum absolute atomic E-state index is 5.66. The Bertz CT molecular complexity index is 515. The molecule has 2 aromatic heterocycles. The molecule has 19 heavy (non-hydrogen) atoms. The fourth-order valence-corrected chi connectivity index (χ4v) is 2.30. The maximum atomic E-state index is 5.66. The molecule has 1 unspecified atom stereocenters. The van der Waals surface area contributed by atoms with E-state index in [9.17, 15) is 0 Å². The molecule has 0 aliphatic heterocycles. The minimum Gasteiger partial charge on any atom is -0.370 e. The summed E-state index contributed by atoms with van der Waals surface area (Å²) in [6, 6.07) is 1.99. The third-order valence-corrected chi connectivity index (χ3v) is 3.22. The molecule has 104 valence electrons. The van der Waals surface area contributed by atoms with Crippen molar-refractivity contribution in [1.82, 2.24) is 19.6 Å². The summed E-state index contributed by atoms with van der Waals surface area (Å²) in [5, 5.41) is 7.63. The molecule has 2 rings (SSSR count). The molecule has 2 aromatic rings. The molecule has 0 aromatic carbocycles. The first-order chi connectivity index (χ1) is 9.24. The van der Waals surface area contributed by atoms with Crippen LogP contribution < -0.4 is 11.1 Å². The smallest absolute Gasteiger partial charge is 0.254 e. The van der Waals surface area contributed by atoms with Crippen molar-refractivity contribution >= 4 is 11.6 Å². The first-order valence-electron chi connectivity index (χ1n) is 6.86.